The smallest absolute Gasteiger partial charge is 0.254 e. The number of halogens is 1. The molecule has 1 saturated heterocycles. The second kappa shape index (κ2) is 12.3. The Balaban J connectivity index is 0.00000341. The molecule has 0 bridgehead atoms. The molecule has 0 saturated carbocycles. The van der Waals surface area contributed by atoms with Crippen molar-refractivity contribution in [3.8, 4) is 0 Å². The molecule has 2 amide bonds. The first-order chi connectivity index (χ1) is 14.5. The van der Waals surface area contributed by atoms with Crippen molar-refractivity contribution in [2.45, 2.75) is 26.9 Å². The van der Waals surface area contributed by atoms with Crippen LogP contribution in [-0.4, -0.2) is 48.9 Å². The third-order valence-corrected chi connectivity index (χ3v) is 4.87. The summed E-state index contributed by atoms with van der Waals surface area (Å²) in [4.78, 5) is 30.3. The summed E-state index contributed by atoms with van der Waals surface area (Å²) in [5.41, 5.74) is 4.03. The average molecular weight is 535 g/mol. The van der Waals surface area contributed by atoms with Gasteiger partial charge in [-0.25, -0.2) is 4.99 Å². The van der Waals surface area contributed by atoms with E-state index in [0.29, 0.717) is 31.7 Å². The monoisotopic (exact) mass is 535 g/mol. The van der Waals surface area contributed by atoms with E-state index in [1.807, 2.05) is 19.1 Å². The van der Waals surface area contributed by atoms with E-state index in [4.69, 9.17) is 0 Å². The number of aliphatic imine (C=N–C) groups is 1. The number of nitrogens with zero attached hydrogens (tertiary/aromatic N) is 2. The quantitative estimate of drug-likeness (QED) is 0.302. The van der Waals surface area contributed by atoms with Gasteiger partial charge in [0.15, 0.2) is 5.96 Å². The van der Waals surface area contributed by atoms with Crippen molar-refractivity contribution in [3.63, 3.8) is 0 Å². The van der Waals surface area contributed by atoms with Crippen molar-refractivity contribution in [3.05, 3.63) is 70.8 Å². The second-order valence-electron chi connectivity index (χ2n) is 7.31. The molecule has 0 spiro atoms. The summed E-state index contributed by atoms with van der Waals surface area (Å²) in [5.74, 6) is 0.514. The molecule has 0 aliphatic carbocycles. The summed E-state index contributed by atoms with van der Waals surface area (Å²) in [7, 11) is 0. The molecule has 1 fully saturated rings. The highest BCUT2D eigenvalue weighted by molar-refractivity contribution is 14.0. The van der Waals surface area contributed by atoms with E-state index < -0.39 is 0 Å². The molecule has 3 N–H and O–H groups in total. The zero-order valence-corrected chi connectivity index (χ0v) is 20.3. The molecule has 3 rings (SSSR count). The Labute approximate surface area is 200 Å². The molecule has 0 aromatic heterocycles. The summed E-state index contributed by atoms with van der Waals surface area (Å²) >= 11 is 0. The minimum absolute atomic E-state index is 0. The Kier molecular flexibility index (Phi) is 9.77. The molecule has 2 aromatic carbocycles. The van der Waals surface area contributed by atoms with Gasteiger partial charge in [-0.1, -0.05) is 42.0 Å². The zero-order chi connectivity index (χ0) is 21.3. The number of nitrogens with one attached hydrogen (secondary N) is 3. The van der Waals surface area contributed by atoms with E-state index in [2.05, 4.69) is 52.1 Å². The van der Waals surface area contributed by atoms with Gasteiger partial charge in [0.1, 0.15) is 0 Å². The molecule has 1 aliphatic heterocycles. The lowest BCUT2D eigenvalue weighted by molar-refractivity contribution is -0.123. The van der Waals surface area contributed by atoms with Crippen molar-refractivity contribution in [2.24, 2.45) is 4.99 Å². The fourth-order valence-electron chi connectivity index (χ4n) is 3.15. The Morgan fingerprint density at radius 3 is 2.39 bits per heavy atom. The summed E-state index contributed by atoms with van der Waals surface area (Å²) < 4.78 is 0. The van der Waals surface area contributed by atoms with Crippen LogP contribution >= 0.6 is 24.0 Å². The van der Waals surface area contributed by atoms with Crippen LogP contribution in [0.1, 0.15) is 34.0 Å². The number of guanidine groups is 1. The van der Waals surface area contributed by atoms with Gasteiger partial charge in [0.2, 0.25) is 5.91 Å². The maximum absolute atomic E-state index is 12.5. The molecule has 31 heavy (non-hydrogen) atoms. The van der Waals surface area contributed by atoms with E-state index in [-0.39, 0.29) is 42.3 Å². The molecule has 166 valence electrons. The van der Waals surface area contributed by atoms with Crippen LogP contribution in [0.25, 0.3) is 0 Å². The van der Waals surface area contributed by atoms with Crippen LogP contribution in [0.2, 0.25) is 0 Å². The van der Waals surface area contributed by atoms with Gasteiger partial charge < -0.3 is 20.9 Å². The van der Waals surface area contributed by atoms with Gasteiger partial charge in [-0.3, -0.25) is 9.59 Å². The number of benzene rings is 2. The van der Waals surface area contributed by atoms with Crippen LogP contribution in [0.15, 0.2) is 53.5 Å². The fraction of sp³-hybridized carbons (Fsp3) is 0.348. The first kappa shape index (κ1) is 24.6. The molecule has 8 heteroatoms. The minimum atomic E-state index is -0.118. The average Bonchev–Trinajstić information content (AvgIpc) is 2.76. The number of aryl methyl sites for hydroxylation is 1. The van der Waals surface area contributed by atoms with Crippen molar-refractivity contribution in [2.75, 3.05) is 26.2 Å². The third-order valence-electron chi connectivity index (χ3n) is 4.87. The highest BCUT2D eigenvalue weighted by Gasteiger charge is 2.22. The van der Waals surface area contributed by atoms with Crippen molar-refractivity contribution >= 4 is 41.8 Å². The van der Waals surface area contributed by atoms with Gasteiger partial charge >= 0.3 is 0 Å². The van der Waals surface area contributed by atoms with Gasteiger partial charge in [0, 0.05) is 31.7 Å². The first-order valence-corrected chi connectivity index (χ1v) is 10.3. The number of hydrogen-bond acceptors (Lipinski definition) is 3. The number of hydrogen-bond donors (Lipinski definition) is 3. The van der Waals surface area contributed by atoms with Crippen LogP contribution in [0.3, 0.4) is 0 Å². The van der Waals surface area contributed by atoms with Crippen molar-refractivity contribution in [1.29, 1.82) is 0 Å². The summed E-state index contributed by atoms with van der Waals surface area (Å²) in [6.45, 7) is 7.23. The maximum atomic E-state index is 12.5. The molecule has 1 aliphatic rings. The SMILES string of the molecule is CCNC(=NCc1ccc(C(=O)N2CCNC(=O)C2)cc1)NCc1ccc(C)cc1.I. The topological polar surface area (TPSA) is 85.8 Å². The van der Waals surface area contributed by atoms with Crippen LogP contribution in [0.4, 0.5) is 0 Å². The second-order valence-corrected chi connectivity index (χ2v) is 7.31. The molecule has 0 radical (unpaired) electrons. The predicted octanol–water partition coefficient (Wildman–Crippen LogP) is 2.44. The lowest BCUT2D eigenvalue weighted by atomic mass is 10.1. The van der Waals surface area contributed by atoms with Gasteiger partial charge in [-0.15, -0.1) is 24.0 Å². The molecule has 1 heterocycles. The molecule has 0 unspecified atom stereocenters. The summed E-state index contributed by atoms with van der Waals surface area (Å²) in [6.07, 6.45) is 0. The van der Waals surface area contributed by atoms with Crippen LogP contribution in [0.5, 0.6) is 0 Å². The van der Waals surface area contributed by atoms with E-state index in [0.717, 1.165) is 18.1 Å². The lowest BCUT2D eigenvalue weighted by Crippen LogP contribution is -2.49. The number of carbonyl (C=O) groups is 2. The van der Waals surface area contributed by atoms with E-state index in [1.54, 1.807) is 17.0 Å². The van der Waals surface area contributed by atoms with Crippen molar-refractivity contribution < 1.29 is 9.59 Å². The largest absolute Gasteiger partial charge is 0.357 e. The summed E-state index contributed by atoms with van der Waals surface area (Å²) in [6, 6.07) is 15.8. The Bertz CT molecular complexity index is 897. The molecule has 7 nitrogen and oxygen atoms in total. The number of carbonyl (C=O) groups excluding carboxylic acids is 2. The molecular formula is C23H30IN5O2. The highest BCUT2D eigenvalue weighted by Crippen LogP contribution is 2.10. The standard InChI is InChI=1S/C23H29N5O2.HI/c1-3-24-23(26-14-18-6-4-17(2)5-7-18)27-15-19-8-10-20(11-9-19)22(30)28-13-12-25-21(29)16-28;/h4-11H,3,12-16H2,1-2H3,(H,25,29)(H2,24,26,27);1H. The van der Waals surface area contributed by atoms with Gasteiger partial charge in [-0.05, 0) is 37.1 Å². The maximum Gasteiger partial charge on any atom is 0.254 e. The van der Waals surface area contributed by atoms with Gasteiger partial charge in [0.25, 0.3) is 5.91 Å². The Morgan fingerprint density at radius 1 is 1.06 bits per heavy atom. The van der Waals surface area contributed by atoms with E-state index in [1.165, 1.54) is 11.1 Å². The first-order valence-electron chi connectivity index (χ1n) is 10.3. The van der Waals surface area contributed by atoms with Gasteiger partial charge in [-0.2, -0.15) is 0 Å². The molecule has 2 aromatic rings. The fourth-order valence-corrected chi connectivity index (χ4v) is 3.15. The van der Waals surface area contributed by atoms with Gasteiger partial charge in [0.05, 0.1) is 13.1 Å². The van der Waals surface area contributed by atoms with Crippen LogP contribution < -0.4 is 16.0 Å². The van der Waals surface area contributed by atoms with E-state index in [9.17, 15) is 9.59 Å². The summed E-state index contributed by atoms with van der Waals surface area (Å²) in [5, 5.41) is 9.32. The third kappa shape index (κ3) is 7.54. The zero-order valence-electron chi connectivity index (χ0n) is 18.0. The Hall–Kier alpha value is -2.62. The van der Waals surface area contributed by atoms with Crippen LogP contribution in [0, 0.1) is 6.92 Å². The lowest BCUT2D eigenvalue weighted by Gasteiger charge is -2.26. The normalized spacial score (nSPS) is 13.8. The molecule has 0 atom stereocenters. The van der Waals surface area contributed by atoms with Crippen LogP contribution in [-0.2, 0) is 17.9 Å². The van der Waals surface area contributed by atoms with Crippen molar-refractivity contribution in [1.82, 2.24) is 20.9 Å². The number of rotatable bonds is 6. The number of amides is 2. The number of piperazine rings is 1. The predicted molar refractivity (Wildman–Crippen MR) is 134 cm³/mol. The molecular weight excluding hydrogens is 505 g/mol. The minimum Gasteiger partial charge on any atom is -0.357 e. The van der Waals surface area contributed by atoms with E-state index >= 15 is 0 Å². The Morgan fingerprint density at radius 2 is 1.74 bits per heavy atom. The highest BCUT2D eigenvalue weighted by atomic mass is 127.